The molecule has 0 saturated carbocycles. The van der Waals surface area contributed by atoms with Gasteiger partial charge in [0.25, 0.3) is 0 Å². The van der Waals surface area contributed by atoms with E-state index in [2.05, 4.69) is 38.5 Å². The van der Waals surface area contributed by atoms with E-state index in [0.29, 0.717) is 18.4 Å². The molecule has 2 aromatic carbocycles. The van der Waals surface area contributed by atoms with E-state index in [1.807, 2.05) is 6.07 Å². The Labute approximate surface area is 165 Å². The summed E-state index contributed by atoms with van der Waals surface area (Å²) in [5.41, 5.74) is 1.85. The van der Waals surface area contributed by atoms with Crippen LogP contribution in [0.4, 0.5) is 4.39 Å². The second-order valence-corrected chi connectivity index (χ2v) is 8.13. The molecule has 3 heterocycles. The van der Waals surface area contributed by atoms with Crippen molar-refractivity contribution in [2.45, 2.75) is 25.4 Å². The Kier molecular flexibility index (Phi) is 4.58. The summed E-state index contributed by atoms with van der Waals surface area (Å²) in [4.78, 5) is 8.79. The number of thiazole rings is 1. The number of halogens is 1. The molecular weight excluding hydrogens is 375 g/mol. The Hall–Kier alpha value is -2.71. The van der Waals surface area contributed by atoms with Crippen molar-refractivity contribution in [3.05, 3.63) is 59.4 Å². The molecule has 8 heteroatoms. The minimum atomic E-state index is -0.273. The van der Waals surface area contributed by atoms with Crippen LogP contribution in [-0.4, -0.2) is 43.2 Å². The van der Waals surface area contributed by atoms with Crippen LogP contribution in [0.3, 0.4) is 0 Å². The number of piperidine rings is 1. The smallest absolute Gasteiger partial charge is 0.204 e. The van der Waals surface area contributed by atoms with Gasteiger partial charge in [0.1, 0.15) is 12.5 Å². The van der Waals surface area contributed by atoms with Gasteiger partial charge in [0.2, 0.25) is 5.82 Å². The van der Waals surface area contributed by atoms with Crippen molar-refractivity contribution in [3.63, 3.8) is 0 Å². The van der Waals surface area contributed by atoms with Crippen LogP contribution in [0.25, 0.3) is 21.6 Å². The molecule has 0 radical (unpaired) electrons. The maximum absolute atomic E-state index is 13.1. The molecule has 1 aliphatic rings. The van der Waals surface area contributed by atoms with E-state index < -0.39 is 0 Å². The standard InChI is InChI=1S/C20H19FN6S/c21-16-9-7-14(8-10-16)19-23-25-27(24-19)13-26-11-3-4-15(12-26)20-22-17-5-1-2-6-18(17)28-20/h1-2,5-10,15H,3-4,11-13H2/t15-/m0/s1. The number of nitrogens with zero attached hydrogens (tertiary/aromatic N) is 6. The van der Waals surface area contributed by atoms with E-state index in [1.54, 1.807) is 28.3 Å². The van der Waals surface area contributed by atoms with Gasteiger partial charge in [0.05, 0.1) is 15.2 Å². The predicted molar refractivity (Wildman–Crippen MR) is 106 cm³/mol. The Balaban J connectivity index is 1.28. The van der Waals surface area contributed by atoms with E-state index in [4.69, 9.17) is 4.98 Å². The molecule has 1 fully saturated rings. The highest BCUT2D eigenvalue weighted by molar-refractivity contribution is 7.18. The van der Waals surface area contributed by atoms with Crippen molar-refractivity contribution >= 4 is 21.6 Å². The van der Waals surface area contributed by atoms with Crippen molar-refractivity contribution in [2.75, 3.05) is 13.1 Å². The maximum atomic E-state index is 13.1. The monoisotopic (exact) mass is 394 g/mol. The van der Waals surface area contributed by atoms with Crippen LogP contribution in [0, 0.1) is 5.82 Å². The van der Waals surface area contributed by atoms with Crippen molar-refractivity contribution in [3.8, 4) is 11.4 Å². The Morgan fingerprint density at radius 3 is 2.82 bits per heavy atom. The number of aromatic nitrogens is 5. The lowest BCUT2D eigenvalue weighted by molar-refractivity contribution is 0.147. The van der Waals surface area contributed by atoms with Gasteiger partial charge in [-0.2, -0.15) is 0 Å². The van der Waals surface area contributed by atoms with Gasteiger partial charge in [-0.25, -0.2) is 9.37 Å². The summed E-state index contributed by atoms with van der Waals surface area (Å²) in [7, 11) is 0. The zero-order valence-corrected chi connectivity index (χ0v) is 16.0. The minimum Gasteiger partial charge on any atom is -0.282 e. The summed E-state index contributed by atoms with van der Waals surface area (Å²) in [6, 6.07) is 14.5. The SMILES string of the molecule is Fc1ccc(-c2nnn(CN3CCC[C@H](c4nc5ccccc5s4)C3)n2)cc1. The summed E-state index contributed by atoms with van der Waals surface area (Å²) in [6.45, 7) is 2.54. The van der Waals surface area contributed by atoms with Crippen LogP contribution >= 0.6 is 11.3 Å². The van der Waals surface area contributed by atoms with Crippen LogP contribution in [0.15, 0.2) is 48.5 Å². The zero-order chi connectivity index (χ0) is 18.9. The number of fused-ring (bicyclic) bond motifs is 1. The van der Waals surface area contributed by atoms with Crippen LogP contribution in [-0.2, 0) is 6.67 Å². The van der Waals surface area contributed by atoms with Gasteiger partial charge < -0.3 is 0 Å². The third kappa shape index (κ3) is 3.53. The van der Waals surface area contributed by atoms with Gasteiger partial charge in [-0.1, -0.05) is 12.1 Å². The van der Waals surface area contributed by atoms with E-state index in [1.165, 1.54) is 21.8 Å². The molecule has 0 aliphatic carbocycles. The lowest BCUT2D eigenvalue weighted by Crippen LogP contribution is -2.36. The molecule has 5 rings (SSSR count). The van der Waals surface area contributed by atoms with E-state index in [0.717, 1.165) is 37.0 Å². The minimum absolute atomic E-state index is 0.273. The van der Waals surface area contributed by atoms with Crippen molar-refractivity contribution in [1.82, 2.24) is 30.1 Å². The number of hydrogen-bond acceptors (Lipinski definition) is 6. The average Bonchev–Trinajstić information content (AvgIpc) is 3.36. The highest BCUT2D eigenvalue weighted by Crippen LogP contribution is 2.33. The Bertz CT molecular complexity index is 1060. The Morgan fingerprint density at radius 1 is 1.11 bits per heavy atom. The first kappa shape index (κ1) is 17.4. The topological polar surface area (TPSA) is 59.7 Å². The second-order valence-electron chi connectivity index (χ2n) is 7.07. The lowest BCUT2D eigenvalue weighted by Gasteiger charge is -2.30. The fraction of sp³-hybridized carbons (Fsp3) is 0.300. The maximum Gasteiger partial charge on any atom is 0.204 e. The molecule has 0 spiro atoms. The lowest BCUT2D eigenvalue weighted by atomic mass is 9.99. The highest BCUT2D eigenvalue weighted by atomic mass is 32.1. The molecule has 0 N–H and O–H groups in total. The molecule has 0 unspecified atom stereocenters. The predicted octanol–water partition coefficient (Wildman–Crippen LogP) is 3.93. The van der Waals surface area contributed by atoms with Crippen LogP contribution in [0.5, 0.6) is 0 Å². The van der Waals surface area contributed by atoms with Gasteiger partial charge in [-0.15, -0.1) is 26.3 Å². The summed E-state index contributed by atoms with van der Waals surface area (Å²) >= 11 is 1.80. The van der Waals surface area contributed by atoms with Crippen molar-refractivity contribution in [2.24, 2.45) is 0 Å². The molecule has 1 saturated heterocycles. The molecular formula is C20H19FN6S. The quantitative estimate of drug-likeness (QED) is 0.525. The first-order valence-corrected chi connectivity index (χ1v) is 10.2. The van der Waals surface area contributed by atoms with Gasteiger partial charge >= 0.3 is 0 Å². The van der Waals surface area contributed by atoms with Crippen molar-refractivity contribution in [1.29, 1.82) is 0 Å². The zero-order valence-electron chi connectivity index (χ0n) is 15.2. The largest absolute Gasteiger partial charge is 0.282 e. The van der Waals surface area contributed by atoms with E-state index in [-0.39, 0.29) is 5.82 Å². The average molecular weight is 394 g/mol. The molecule has 1 atom stereocenters. The fourth-order valence-electron chi connectivity index (χ4n) is 3.65. The van der Waals surface area contributed by atoms with Gasteiger partial charge in [0, 0.05) is 18.0 Å². The van der Waals surface area contributed by atoms with E-state index >= 15 is 0 Å². The number of likely N-dealkylation sites (tertiary alicyclic amines) is 1. The van der Waals surface area contributed by atoms with Crippen LogP contribution < -0.4 is 0 Å². The van der Waals surface area contributed by atoms with Crippen LogP contribution in [0.2, 0.25) is 0 Å². The third-order valence-corrected chi connectivity index (χ3v) is 6.25. The van der Waals surface area contributed by atoms with E-state index in [9.17, 15) is 4.39 Å². The number of para-hydroxylation sites is 1. The Morgan fingerprint density at radius 2 is 1.96 bits per heavy atom. The first-order valence-electron chi connectivity index (χ1n) is 9.36. The number of rotatable bonds is 4. The normalized spacial score (nSPS) is 18.0. The molecule has 4 aromatic rings. The summed E-state index contributed by atoms with van der Waals surface area (Å²) in [6.07, 6.45) is 2.28. The van der Waals surface area contributed by atoms with Crippen molar-refractivity contribution < 1.29 is 4.39 Å². The second kappa shape index (κ2) is 7.37. The summed E-state index contributed by atoms with van der Waals surface area (Å²) in [5.74, 6) is 0.677. The summed E-state index contributed by atoms with van der Waals surface area (Å²) in [5, 5.41) is 13.9. The van der Waals surface area contributed by atoms with Crippen LogP contribution in [0.1, 0.15) is 23.8 Å². The fourth-order valence-corrected chi connectivity index (χ4v) is 4.74. The molecule has 142 valence electrons. The third-order valence-electron chi connectivity index (χ3n) is 5.05. The van der Waals surface area contributed by atoms with Gasteiger partial charge in [-0.05, 0) is 61.0 Å². The molecule has 1 aliphatic heterocycles. The number of hydrogen-bond donors (Lipinski definition) is 0. The number of tetrazole rings is 1. The summed E-state index contributed by atoms with van der Waals surface area (Å²) < 4.78 is 14.3. The molecule has 2 aromatic heterocycles. The molecule has 0 amide bonds. The number of benzene rings is 2. The molecule has 6 nitrogen and oxygen atoms in total. The molecule has 0 bridgehead atoms. The van der Waals surface area contributed by atoms with Gasteiger partial charge in [0.15, 0.2) is 0 Å². The molecule has 28 heavy (non-hydrogen) atoms. The first-order chi connectivity index (χ1) is 13.7. The van der Waals surface area contributed by atoms with Gasteiger partial charge in [-0.3, -0.25) is 4.90 Å². The highest BCUT2D eigenvalue weighted by Gasteiger charge is 2.24.